The molecule has 2 aromatic heterocycles. The number of aromatic nitrogens is 5. The fourth-order valence-electron chi connectivity index (χ4n) is 3.90. The Morgan fingerprint density at radius 2 is 1.97 bits per heavy atom. The maximum absolute atomic E-state index is 13.4. The average molecular weight is 459 g/mol. The molecule has 33 heavy (non-hydrogen) atoms. The fourth-order valence-corrected chi connectivity index (χ4v) is 3.90. The van der Waals surface area contributed by atoms with E-state index >= 15 is 0 Å². The minimum absolute atomic E-state index is 0.104. The van der Waals surface area contributed by atoms with Crippen LogP contribution >= 0.6 is 0 Å². The van der Waals surface area contributed by atoms with E-state index in [1.54, 1.807) is 12.1 Å². The number of rotatable bonds is 5. The zero-order chi connectivity index (χ0) is 23.3. The average Bonchev–Trinajstić information content (AvgIpc) is 3.12. The van der Waals surface area contributed by atoms with Gasteiger partial charge in [0.1, 0.15) is 24.0 Å². The van der Waals surface area contributed by atoms with E-state index in [1.165, 1.54) is 45.8 Å². The van der Waals surface area contributed by atoms with Crippen molar-refractivity contribution in [2.75, 3.05) is 11.9 Å². The molecule has 172 valence electrons. The van der Waals surface area contributed by atoms with Gasteiger partial charge in [0.25, 0.3) is 17.7 Å². The predicted octanol–water partition coefficient (Wildman–Crippen LogP) is 1.95. The number of nitrogens with one attached hydrogen (secondary N) is 1. The summed E-state index contributed by atoms with van der Waals surface area (Å²) < 4.78 is 42.8. The number of anilines is 1. The lowest BCUT2D eigenvalue weighted by molar-refractivity contribution is -0.120. The molecule has 3 aromatic rings. The summed E-state index contributed by atoms with van der Waals surface area (Å²) in [4.78, 5) is 30.9. The van der Waals surface area contributed by atoms with Crippen LogP contribution in [0.2, 0.25) is 0 Å². The first-order chi connectivity index (χ1) is 15.7. The van der Waals surface area contributed by atoms with Gasteiger partial charge in [-0.05, 0) is 24.1 Å². The Morgan fingerprint density at radius 3 is 2.67 bits per heavy atom. The molecular weight excluding hydrogens is 439 g/mol. The number of carbonyl (C=O) groups is 2. The van der Waals surface area contributed by atoms with Gasteiger partial charge in [-0.15, -0.1) is 5.10 Å². The molecule has 0 saturated heterocycles. The SMILES string of the molecule is CN1C(=O)[C@@H](NC(=O)c2ncn(Cc3ccc(F)cc3)n2)CCn2nc([C@H]3CC3(F)F)cc21. The van der Waals surface area contributed by atoms with E-state index in [2.05, 4.69) is 20.5 Å². The largest absolute Gasteiger partial charge is 0.337 e. The van der Waals surface area contributed by atoms with Crippen molar-refractivity contribution in [3.05, 3.63) is 59.6 Å². The topological polar surface area (TPSA) is 97.9 Å². The van der Waals surface area contributed by atoms with Gasteiger partial charge in [-0.3, -0.25) is 14.5 Å². The lowest BCUT2D eigenvalue weighted by atomic mass is 10.2. The second-order valence-corrected chi connectivity index (χ2v) is 8.27. The van der Waals surface area contributed by atoms with E-state index in [9.17, 15) is 22.8 Å². The van der Waals surface area contributed by atoms with Crippen LogP contribution in [0.5, 0.6) is 0 Å². The molecule has 2 amide bonds. The van der Waals surface area contributed by atoms with Gasteiger partial charge in [0.05, 0.1) is 18.2 Å². The van der Waals surface area contributed by atoms with E-state index < -0.39 is 23.8 Å². The van der Waals surface area contributed by atoms with Gasteiger partial charge in [-0.25, -0.2) is 27.5 Å². The predicted molar refractivity (Wildman–Crippen MR) is 109 cm³/mol. The van der Waals surface area contributed by atoms with Crippen molar-refractivity contribution >= 4 is 17.6 Å². The summed E-state index contributed by atoms with van der Waals surface area (Å²) in [6.07, 6.45) is 1.38. The number of carbonyl (C=O) groups excluding carboxylic acids is 2. The maximum Gasteiger partial charge on any atom is 0.291 e. The normalized spacial score (nSPS) is 21.5. The molecule has 2 atom stereocenters. The van der Waals surface area contributed by atoms with Crippen molar-refractivity contribution in [3.8, 4) is 0 Å². The standard InChI is InChI=1S/C21H20F3N7O2/c1-29-17-8-16(14-9-21(14,23)24)27-31(17)7-6-15(20(29)33)26-19(32)18-25-11-30(28-18)10-12-2-4-13(22)5-3-12/h2-5,8,11,14-15H,6-7,9-10H2,1H3,(H,26,32)/t14-,15+/m1/s1. The molecule has 1 N–H and O–H groups in total. The molecule has 5 rings (SSSR count). The van der Waals surface area contributed by atoms with Crippen molar-refractivity contribution in [2.24, 2.45) is 0 Å². The quantitative estimate of drug-likeness (QED) is 0.629. The van der Waals surface area contributed by atoms with Crippen LogP contribution < -0.4 is 10.2 Å². The van der Waals surface area contributed by atoms with Crippen molar-refractivity contribution < 1.29 is 22.8 Å². The summed E-state index contributed by atoms with van der Waals surface area (Å²) in [5.74, 6) is -4.69. The Balaban J connectivity index is 1.24. The van der Waals surface area contributed by atoms with Crippen molar-refractivity contribution in [3.63, 3.8) is 0 Å². The zero-order valence-electron chi connectivity index (χ0n) is 17.6. The van der Waals surface area contributed by atoms with Crippen LogP contribution in [0.3, 0.4) is 0 Å². The van der Waals surface area contributed by atoms with Gasteiger partial charge in [-0.1, -0.05) is 12.1 Å². The summed E-state index contributed by atoms with van der Waals surface area (Å²) in [7, 11) is 1.52. The molecule has 0 unspecified atom stereocenters. The van der Waals surface area contributed by atoms with E-state index in [0.717, 1.165) is 5.56 Å². The number of halogens is 3. The number of amides is 2. The van der Waals surface area contributed by atoms with Crippen LogP contribution in [0, 0.1) is 5.82 Å². The maximum atomic E-state index is 13.4. The Bertz CT molecular complexity index is 1220. The number of benzene rings is 1. The number of aryl methyl sites for hydroxylation is 1. The molecule has 1 aromatic carbocycles. The summed E-state index contributed by atoms with van der Waals surface area (Å²) in [5, 5.41) is 11.0. The highest BCUT2D eigenvalue weighted by atomic mass is 19.3. The molecule has 12 heteroatoms. The smallest absolute Gasteiger partial charge is 0.291 e. The molecule has 1 aliphatic carbocycles. The van der Waals surface area contributed by atoms with Gasteiger partial charge in [0.2, 0.25) is 5.82 Å². The summed E-state index contributed by atoms with van der Waals surface area (Å²) in [5.41, 5.74) is 1.06. The third-order valence-corrected chi connectivity index (χ3v) is 5.87. The van der Waals surface area contributed by atoms with Crippen LogP contribution in [0.15, 0.2) is 36.7 Å². The molecule has 0 spiro atoms. The number of nitrogens with zero attached hydrogens (tertiary/aromatic N) is 6. The van der Waals surface area contributed by atoms with E-state index in [1.807, 2.05) is 0 Å². The highest BCUT2D eigenvalue weighted by Gasteiger charge is 2.59. The molecule has 1 fully saturated rings. The molecule has 1 saturated carbocycles. The number of hydrogen-bond acceptors (Lipinski definition) is 5. The highest BCUT2D eigenvalue weighted by molar-refractivity contribution is 6.00. The first-order valence-corrected chi connectivity index (χ1v) is 10.4. The molecular formula is C21H20F3N7O2. The Morgan fingerprint density at radius 1 is 1.24 bits per heavy atom. The van der Waals surface area contributed by atoms with Crippen LogP contribution in [0.4, 0.5) is 19.0 Å². The van der Waals surface area contributed by atoms with E-state index in [-0.39, 0.29) is 42.6 Å². The third-order valence-electron chi connectivity index (χ3n) is 5.87. The monoisotopic (exact) mass is 459 g/mol. The number of alkyl halides is 2. The van der Waals surface area contributed by atoms with E-state index in [4.69, 9.17) is 0 Å². The van der Waals surface area contributed by atoms with Crippen molar-refractivity contribution in [1.82, 2.24) is 29.9 Å². The molecule has 0 bridgehead atoms. The molecule has 1 aliphatic heterocycles. The van der Waals surface area contributed by atoms with Crippen LogP contribution in [-0.2, 0) is 17.9 Å². The summed E-state index contributed by atoms with van der Waals surface area (Å²) >= 11 is 0. The molecule has 0 radical (unpaired) electrons. The summed E-state index contributed by atoms with van der Waals surface area (Å²) in [6.45, 7) is 0.580. The van der Waals surface area contributed by atoms with Gasteiger partial charge in [-0.2, -0.15) is 5.10 Å². The second kappa shape index (κ2) is 7.71. The van der Waals surface area contributed by atoms with E-state index in [0.29, 0.717) is 12.4 Å². The number of likely N-dealkylation sites (N-methyl/N-ethyl adjacent to an activating group) is 1. The molecule has 3 heterocycles. The molecule has 9 nitrogen and oxygen atoms in total. The minimum atomic E-state index is -2.74. The summed E-state index contributed by atoms with van der Waals surface area (Å²) in [6, 6.07) is 6.54. The third kappa shape index (κ3) is 4.08. The van der Waals surface area contributed by atoms with Crippen LogP contribution in [-0.4, -0.2) is 55.4 Å². The first-order valence-electron chi connectivity index (χ1n) is 10.4. The van der Waals surface area contributed by atoms with Crippen LogP contribution in [0.25, 0.3) is 0 Å². The van der Waals surface area contributed by atoms with Crippen molar-refractivity contribution in [2.45, 2.75) is 43.8 Å². The first kappa shape index (κ1) is 21.2. The lowest BCUT2D eigenvalue weighted by Gasteiger charge is -2.19. The van der Waals surface area contributed by atoms with Crippen LogP contribution in [0.1, 0.15) is 40.6 Å². The lowest BCUT2D eigenvalue weighted by Crippen LogP contribution is -2.47. The fraction of sp³-hybridized carbons (Fsp3) is 0.381. The Hall–Kier alpha value is -3.70. The Labute approximate surface area is 186 Å². The number of hydrogen-bond donors (Lipinski definition) is 1. The zero-order valence-corrected chi connectivity index (χ0v) is 17.6. The van der Waals surface area contributed by atoms with Gasteiger partial charge < -0.3 is 5.32 Å². The van der Waals surface area contributed by atoms with Crippen molar-refractivity contribution in [1.29, 1.82) is 0 Å². The Kier molecular flexibility index (Phi) is 4.94. The molecule has 2 aliphatic rings. The van der Waals surface area contributed by atoms with Gasteiger partial charge in [0, 0.05) is 26.1 Å². The highest BCUT2D eigenvalue weighted by Crippen LogP contribution is 2.55. The minimum Gasteiger partial charge on any atom is -0.337 e. The second-order valence-electron chi connectivity index (χ2n) is 8.27. The van der Waals surface area contributed by atoms with Gasteiger partial charge in [0.15, 0.2) is 0 Å². The number of fused-ring (bicyclic) bond motifs is 1. The van der Waals surface area contributed by atoms with Gasteiger partial charge >= 0.3 is 0 Å².